The van der Waals surface area contributed by atoms with E-state index in [1.165, 1.54) is 12.1 Å². The lowest BCUT2D eigenvalue weighted by Gasteiger charge is -2.24. The molecule has 1 aliphatic heterocycles. The molecule has 0 radical (unpaired) electrons. The van der Waals surface area contributed by atoms with Gasteiger partial charge in [0.2, 0.25) is 0 Å². The Hall–Kier alpha value is -2.40. The minimum atomic E-state index is -0.560. The van der Waals surface area contributed by atoms with Crippen LogP contribution in [-0.4, -0.2) is 24.6 Å². The standard InChI is InChI=1S/C21H25FN2O2/c1-24-12-4-2-3-5-20(25)18-13-16(8-11-19(18)24)21(26)23-14-15-6-9-17(22)10-7-15/h6-11,13,20,25H,2-5,12,14H2,1H3,(H,23,26). The van der Waals surface area contributed by atoms with Crippen LogP contribution in [0.3, 0.4) is 0 Å². The monoisotopic (exact) mass is 356 g/mol. The summed E-state index contributed by atoms with van der Waals surface area (Å²) in [6.07, 6.45) is 3.33. The molecule has 2 N–H and O–H groups in total. The second-order valence-electron chi connectivity index (χ2n) is 6.87. The van der Waals surface area contributed by atoms with E-state index in [0.717, 1.165) is 42.6 Å². The highest BCUT2D eigenvalue weighted by Gasteiger charge is 2.19. The first-order chi connectivity index (χ1) is 12.5. The highest BCUT2D eigenvalue weighted by atomic mass is 19.1. The second kappa shape index (κ2) is 8.32. The normalized spacial score (nSPS) is 17.7. The van der Waals surface area contributed by atoms with Gasteiger partial charge in [-0.2, -0.15) is 0 Å². The van der Waals surface area contributed by atoms with E-state index >= 15 is 0 Å². The third-order valence-electron chi connectivity index (χ3n) is 4.90. The van der Waals surface area contributed by atoms with E-state index < -0.39 is 6.10 Å². The van der Waals surface area contributed by atoms with Gasteiger partial charge in [0.1, 0.15) is 5.82 Å². The van der Waals surface area contributed by atoms with Gasteiger partial charge in [0.25, 0.3) is 5.91 Å². The molecule has 1 aliphatic rings. The molecule has 0 saturated carbocycles. The molecule has 5 heteroatoms. The molecule has 4 nitrogen and oxygen atoms in total. The zero-order valence-corrected chi connectivity index (χ0v) is 15.0. The summed E-state index contributed by atoms with van der Waals surface area (Å²) >= 11 is 0. The van der Waals surface area contributed by atoms with Gasteiger partial charge in [-0.3, -0.25) is 4.79 Å². The summed E-state index contributed by atoms with van der Waals surface area (Å²) < 4.78 is 13.0. The van der Waals surface area contributed by atoms with E-state index in [2.05, 4.69) is 10.2 Å². The Morgan fingerprint density at radius 1 is 1.19 bits per heavy atom. The van der Waals surface area contributed by atoms with Crippen LogP contribution < -0.4 is 10.2 Å². The Bertz CT molecular complexity index is 761. The van der Waals surface area contributed by atoms with Crippen molar-refractivity contribution in [1.29, 1.82) is 0 Å². The summed E-state index contributed by atoms with van der Waals surface area (Å²) in [5, 5.41) is 13.4. The zero-order chi connectivity index (χ0) is 18.5. The van der Waals surface area contributed by atoms with E-state index in [-0.39, 0.29) is 11.7 Å². The number of carbonyl (C=O) groups is 1. The topological polar surface area (TPSA) is 52.6 Å². The summed E-state index contributed by atoms with van der Waals surface area (Å²) in [4.78, 5) is 14.6. The van der Waals surface area contributed by atoms with Gasteiger partial charge >= 0.3 is 0 Å². The summed E-state index contributed by atoms with van der Waals surface area (Å²) in [6, 6.07) is 11.6. The van der Waals surface area contributed by atoms with E-state index in [4.69, 9.17) is 0 Å². The van der Waals surface area contributed by atoms with Crippen molar-refractivity contribution in [3.8, 4) is 0 Å². The lowest BCUT2D eigenvalue weighted by molar-refractivity contribution is 0.0950. The molecule has 0 bridgehead atoms. The number of aliphatic hydroxyl groups excluding tert-OH is 1. The SMILES string of the molecule is CN1CCCCCC(O)c2cc(C(=O)NCc3ccc(F)cc3)ccc21. The maximum atomic E-state index is 13.0. The smallest absolute Gasteiger partial charge is 0.251 e. The van der Waals surface area contributed by atoms with Gasteiger partial charge in [0.15, 0.2) is 0 Å². The van der Waals surface area contributed by atoms with Crippen molar-refractivity contribution in [2.24, 2.45) is 0 Å². The minimum Gasteiger partial charge on any atom is -0.388 e. The van der Waals surface area contributed by atoms with Gasteiger partial charge in [-0.25, -0.2) is 4.39 Å². The molecule has 0 saturated heterocycles. The third-order valence-corrected chi connectivity index (χ3v) is 4.90. The lowest BCUT2D eigenvalue weighted by atomic mass is 9.99. The molecule has 2 aromatic rings. The third kappa shape index (κ3) is 4.41. The van der Waals surface area contributed by atoms with E-state index in [0.29, 0.717) is 18.5 Å². The Kier molecular flexibility index (Phi) is 5.89. The van der Waals surface area contributed by atoms with Crippen molar-refractivity contribution in [3.05, 3.63) is 65.0 Å². The predicted molar refractivity (Wildman–Crippen MR) is 101 cm³/mol. The Morgan fingerprint density at radius 2 is 1.96 bits per heavy atom. The highest BCUT2D eigenvalue weighted by Crippen LogP contribution is 2.32. The number of benzene rings is 2. The first-order valence-electron chi connectivity index (χ1n) is 9.10. The van der Waals surface area contributed by atoms with Gasteiger partial charge in [0, 0.05) is 37.0 Å². The van der Waals surface area contributed by atoms with Gasteiger partial charge in [-0.05, 0) is 48.7 Å². The van der Waals surface area contributed by atoms with Gasteiger partial charge in [0.05, 0.1) is 6.10 Å². The number of aliphatic hydroxyl groups is 1. The predicted octanol–water partition coefficient (Wildman–Crippen LogP) is 3.80. The molecule has 1 unspecified atom stereocenters. The Morgan fingerprint density at radius 3 is 2.73 bits per heavy atom. The van der Waals surface area contributed by atoms with Gasteiger partial charge in [-0.1, -0.05) is 25.0 Å². The molecule has 138 valence electrons. The molecule has 26 heavy (non-hydrogen) atoms. The fraction of sp³-hybridized carbons (Fsp3) is 0.381. The molecule has 1 heterocycles. The fourth-order valence-corrected chi connectivity index (χ4v) is 3.34. The molecule has 0 aromatic heterocycles. The zero-order valence-electron chi connectivity index (χ0n) is 15.0. The van der Waals surface area contributed by atoms with Crippen molar-refractivity contribution < 1.29 is 14.3 Å². The second-order valence-corrected chi connectivity index (χ2v) is 6.87. The van der Waals surface area contributed by atoms with Crippen LogP contribution >= 0.6 is 0 Å². The maximum Gasteiger partial charge on any atom is 0.251 e. The van der Waals surface area contributed by atoms with Gasteiger partial charge < -0.3 is 15.3 Å². The Balaban J connectivity index is 1.76. The number of nitrogens with one attached hydrogen (secondary N) is 1. The molecule has 3 rings (SSSR count). The average molecular weight is 356 g/mol. The number of amides is 1. The number of carbonyl (C=O) groups excluding carboxylic acids is 1. The van der Waals surface area contributed by atoms with E-state index in [1.807, 2.05) is 13.1 Å². The maximum absolute atomic E-state index is 13.0. The minimum absolute atomic E-state index is 0.202. The highest BCUT2D eigenvalue weighted by molar-refractivity contribution is 5.95. The molecule has 2 aromatic carbocycles. The van der Waals surface area contributed by atoms with E-state index in [9.17, 15) is 14.3 Å². The number of hydrogen-bond acceptors (Lipinski definition) is 3. The lowest BCUT2D eigenvalue weighted by Crippen LogP contribution is -2.24. The van der Waals surface area contributed by atoms with Gasteiger partial charge in [-0.15, -0.1) is 0 Å². The van der Waals surface area contributed by atoms with E-state index in [1.54, 1.807) is 24.3 Å². The fourth-order valence-electron chi connectivity index (χ4n) is 3.34. The molecular formula is C21H25FN2O2. The van der Waals surface area contributed by atoms with Crippen molar-refractivity contribution in [2.75, 3.05) is 18.5 Å². The number of anilines is 1. The molecule has 1 amide bonds. The van der Waals surface area contributed by atoms with Crippen LogP contribution in [0.2, 0.25) is 0 Å². The van der Waals surface area contributed by atoms with Crippen LogP contribution in [0.4, 0.5) is 10.1 Å². The molecule has 0 aliphatic carbocycles. The largest absolute Gasteiger partial charge is 0.388 e. The van der Waals surface area contributed by atoms with Crippen LogP contribution in [0.25, 0.3) is 0 Å². The van der Waals surface area contributed by atoms with Crippen LogP contribution in [0.15, 0.2) is 42.5 Å². The quantitative estimate of drug-likeness (QED) is 0.880. The number of fused-ring (bicyclic) bond motifs is 1. The van der Waals surface area contributed by atoms with Crippen molar-refractivity contribution in [1.82, 2.24) is 5.32 Å². The summed E-state index contributed by atoms with van der Waals surface area (Å²) in [7, 11) is 2.02. The molecule has 0 fully saturated rings. The molecule has 1 atom stereocenters. The molecular weight excluding hydrogens is 331 g/mol. The Labute approximate surface area is 153 Å². The van der Waals surface area contributed by atoms with Crippen LogP contribution in [0.5, 0.6) is 0 Å². The first kappa shape index (κ1) is 18.4. The number of hydrogen-bond donors (Lipinski definition) is 2. The van der Waals surface area contributed by atoms with Crippen LogP contribution in [-0.2, 0) is 6.54 Å². The van der Waals surface area contributed by atoms with Crippen molar-refractivity contribution >= 4 is 11.6 Å². The summed E-state index contributed by atoms with van der Waals surface area (Å²) in [5.41, 5.74) is 3.15. The van der Waals surface area contributed by atoms with Crippen LogP contribution in [0.1, 0.15) is 53.3 Å². The van der Waals surface area contributed by atoms with Crippen molar-refractivity contribution in [3.63, 3.8) is 0 Å². The summed E-state index contributed by atoms with van der Waals surface area (Å²) in [6.45, 7) is 1.27. The summed E-state index contributed by atoms with van der Waals surface area (Å²) in [5.74, 6) is -0.498. The van der Waals surface area contributed by atoms with Crippen molar-refractivity contribution in [2.45, 2.75) is 38.3 Å². The number of halogens is 1. The number of rotatable bonds is 3. The average Bonchev–Trinajstić information content (AvgIpc) is 2.72. The molecule has 0 spiro atoms. The first-order valence-corrected chi connectivity index (χ1v) is 9.10. The van der Waals surface area contributed by atoms with Crippen LogP contribution in [0, 0.1) is 5.82 Å². The number of nitrogens with zero attached hydrogens (tertiary/aromatic N) is 1.